The summed E-state index contributed by atoms with van der Waals surface area (Å²) in [4.78, 5) is 0. The fourth-order valence-corrected chi connectivity index (χ4v) is 1.28. The summed E-state index contributed by atoms with van der Waals surface area (Å²) in [5.41, 5.74) is 7.17. The maximum atomic E-state index is 12.9. The zero-order chi connectivity index (χ0) is 11.3. The van der Waals surface area contributed by atoms with Crippen LogP contribution in [-0.4, -0.2) is 24.3 Å². The Morgan fingerprint density at radius 2 is 2.27 bits per heavy atom. The molecule has 1 atom stereocenters. The number of aryl methyl sites for hydroxylation is 1. The SMILES string of the molecule is Cc1cc(CNCC(N)CO)ccc1F. The first-order valence-electron chi connectivity index (χ1n) is 4.95. The van der Waals surface area contributed by atoms with E-state index < -0.39 is 0 Å². The van der Waals surface area contributed by atoms with Gasteiger partial charge in [0.2, 0.25) is 0 Å². The lowest BCUT2D eigenvalue weighted by molar-refractivity contribution is 0.262. The number of aliphatic hydroxyl groups is 1. The number of rotatable bonds is 5. The quantitative estimate of drug-likeness (QED) is 0.668. The Labute approximate surface area is 89.1 Å². The standard InChI is InChI=1S/C11H17FN2O/c1-8-4-9(2-3-11(8)12)5-14-6-10(13)7-15/h2-4,10,14-15H,5-7,13H2,1H3. The molecule has 0 aliphatic heterocycles. The third-order valence-electron chi connectivity index (χ3n) is 2.19. The van der Waals surface area contributed by atoms with Crippen molar-refractivity contribution in [2.45, 2.75) is 19.5 Å². The normalized spacial score (nSPS) is 12.8. The number of hydrogen-bond donors (Lipinski definition) is 3. The van der Waals surface area contributed by atoms with Gasteiger partial charge in [0.1, 0.15) is 5.82 Å². The van der Waals surface area contributed by atoms with E-state index >= 15 is 0 Å². The average molecular weight is 212 g/mol. The van der Waals surface area contributed by atoms with Crippen molar-refractivity contribution < 1.29 is 9.50 Å². The van der Waals surface area contributed by atoms with E-state index in [-0.39, 0.29) is 18.5 Å². The fourth-order valence-electron chi connectivity index (χ4n) is 1.28. The Hall–Kier alpha value is -0.970. The van der Waals surface area contributed by atoms with Crippen LogP contribution in [0.1, 0.15) is 11.1 Å². The number of nitrogens with two attached hydrogens (primary N) is 1. The molecule has 0 heterocycles. The molecule has 0 amide bonds. The molecule has 0 bridgehead atoms. The van der Waals surface area contributed by atoms with Gasteiger partial charge in [0.15, 0.2) is 0 Å². The van der Waals surface area contributed by atoms with Gasteiger partial charge >= 0.3 is 0 Å². The molecule has 3 nitrogen and oxygen atoms in total. The van der Waals surface area contributed by atoms with Gasteiger partial charge in [-0.3, -0.25) is 0 Å². The van der Waals surface area contributed by atoms with Crippen molar-refractivity contribution in [3.63, 3.8) is 0 Å². The van der Waals surface area contributed by atoms with Crippen LogP contribution in [0.3, 0.4) is 0 Å². The molecule has 0 aliphatic carbocycles. The highest BCUT2D eigenvalue weighted by molar-refractivity contribution is 5.23. The molecule has 1 rings (SSSR count). The predicted octanol–water partition coefficient (Wildman–Crippen LogP) is 0.543. The van der Waals surface area contributed by atoms with Crippen LogP contribution in [0.15, 0.2) is 18.2 Å². The van der Waals surface area contributed by atoms with Gasteiger partial charge in [-0.25, -0.2) is 4.39 Å². The van der Waals surface area contributed by atoms with Crippen molar-refractivity contribution in [1.82, 2.24) is 5.32 Å². The molecular formula is C11H17FN2O. The predicted molar refractivity (Wildman–Crippen MR) is 57.9 cm³/mol. The smallest absolute Gasteiger partial charge is 0.126 e. The lowest BCUT2D eigenvalue weighted by atomic mass is 10.1. The zero-order valence-corrected chi connectivity index (χ0v) is 8.83. The van der Waals surface area contributed by atoms with E-state index in [9.17, 15) is 4.39 Å². The Morgan fingerprint density at radius 3 is 2.87 bits per heavy atom. The van der Waals surface area contributed by atoms with Gasteiger partial charge in [0, 0.05) is 19.1 Å². The van der Waals surface area contributed by atoms with Crippen LogP contribution in [0.25, 0.3) is 0 Å². The van der Waals surface area contributed by atoms with Crippen molar-refractivity contribution in [3.8, 4) is 0 Å². The lowest BCUT2D eigenvalue weighted by Crippen LogP contribution is -2.36. The number of halogens is 1. The van der Waals surface area contributed by atoms with Crippen LogP contribution in [0, 0.1) is 12.7 Å². The molecule has 4 N–H and O–H groups in total. The summed E-state index contributed by atoms with van der Waals surface area (Å²) in [7, 11) is 0. The second kappa shape index (κ2) is 5.80. The van der Waals surface area contributed by atoms with Crippen LogP contribution >= 0.6 is 0 Å². The zero-order valence-electron chi connectivity index (χ0n) is 8.83. The maximum Gasteiger partial charge on any atom is 0.126 e. The minimum Gasteiger partial charge on any atom is -0.395 e. The Bertz CT molecular complexity index is 317. The van der Waals surface area contributed by atoms with E-state index in [4.69, 9.17) is 10.8 Å². The minimum absolute atomic E-state index is 0.0323. The topological polar surface area (TPSA) is 58.3 Å². The van der Waals surface area contributed by atoms with Crippen LogP contribution in [0.2, 0.25) is 0 Å². The Morgan fingerprint density at radius 1 is 1.53 bits per heavy atom. The molecular weight excluding hydrogens is 195 g/mol. The van der Waals surface area contributed by atoms with Crippen molar-refractivity contribution in [1.29, 1.82) is 0 Å². The Balaban J connectivity index is 2.41. The maximum absolute atomic E-state index is 12.9. The summed E-state index contributed by atoms with van der Waals surface area (Å²) in [6, 6.07) is 4.75. The molecule has 0 aromatic heterocycles. The molecule has 0 radical (unpaired) electrons. The molecule has 0 saturated heterocycles. The van der Waals surface area contributed by atoms with Crippen LogP contribution in [0.4, 0.5) is 4.39 Å². The van der Waals surface area contributed by atoms with Gasteiger partial charge in [-0.2, -0.15) is 0 Å². The van der Waals surface area contributed by atoms with Crippen molar-refractivity contribution in [2.24, 2.45) is 5.73 Å². The second-order valence-corrected chi connectivity index (χ2v) is 3.66. The van der Waals surface area contributed by atoms with Crippen molar-refractivity contribution in [3.05, 3.63) is 35.1 Å². The molecule has 84 valence electrons. The molecule has 15 heavy (non-hydrogen) atoms. The van der Waals surface area contributed by atoms with E-state index in [1.807, 2.05) is 0 Å². The Kier molecular flexibility index (Phi) is 4.68. The number of benzene rings is 1. The average Bonchev–Trinajstić information content (AvgIpc) is 2.23. The number of hydrogen-bond acceptors (Lipinski definition) is 3. The first kappa shape index (κ1) is 12.1. The minimum atomic E-state index is -0.244. The summed E-state index contributed by atoms with van der Waals surface area (Å²) < 4.78 is 12.9. The van der Waals surface area contributed by atoms with E-state index in [2.05, 4.69) is 5.32 Å². The molecule has 1 aromatic carbocycles. The summed E-state index contributed by atoms with van der Waals surface area (Å²) >= 11 is 0. The van der Waals surface area contributed by atoms with Crippen molar-refractivity contribution >= 4 is 0 Å². The molecule has 4 heteroatoms. The third kappa shape index (κ3) is 3.95. The van der Waals surface area contributed by atoms with Crippen molar-refractivity contribution in [2.75, 3.05) is 13.2 Å². The lowest BCUT2D eigenvalue weighted by Gasteiger charge is -2.10. The van der Waals surface area contributed by atoms with Gasteiger partial charge in [-0.05, 0) is 24.1 Å². The van der Waals surface area contributed by atoms with Gasteiger partial charge in [-0.15, -0.1) is 0 Å². The van der Waals surface area contributed by atoms with Crippen LogP contribution in [0.5, 0.6) is 0 Å². The second-order valence-electron chi connectivity index (χ2n) is 3.66. The fraction of sp³-hybridized carbons (Fsp3) is 0.455. The van der Waals surface area contributed by atoms with Crippen LogP contribution in [-0.2, 0) is 6.54 Å². The van der Waals surface area contributed by atoms with E-state index in [1.54, 1.807) is 19.1 Å². The first-order chi connectivity index (χ1) is 7.13. The molecule has 1 aromatic rings. The first-order valence-corrected chi connectivity index (χ1v) is 4.95. The van der Waals surface area contributed by atoms with Gasteiger partial charge in [0.25, 0.3) is 0 Å². The van der Waals surface area contributed by atoms with Gasteiger partial charge in [0.05, 0.1) is 6.61 Å². The number of nitrogens with one attached hydrogen (secondary N) is 1. The molecule has 0 spiro atoms. The largest absolute Gasteiger partial charge is 0.395 e. The van der Waals surface area contributed by atoms with Crippen LogP contribution < -0.4 is 11.1 Å². The highest BCUT2D eigenvalue weighted by Gasteiger charge is 2.01. The van der Waals surface area contributed by atoms with E-state index in [0.717, 1.165) is 5.56 Å². The van der Waals surface area contributed by atoms with E-state index in [1.165, 1.54) is 6.07 Å². The monoisotopic (exact) mass is 212 g/mol. The molecule has 0 saturated carbocycles. The highest BCUT2D eigenvalue weighted by atomic mass is 19.1. The molecule has 1 unspecified atom stereocenters. The third-order valence-corrected chi connectivity index (χ3v) is 2.19. The summed E-state index contributed by atoms with van der Waals surface area (Å²) in [6.45, 7) is 2.88. The van der Waals surface area contributed by atoms with Gasteiger partial charge in [-0.1, -0.05) is 12.1 Å². The highest BCUT2D eigenvalue weighted by Crippen LogP contribution is 2.08. The molecule has 0 fully saturated rings. The number of aliphatic hydroxyl groups excluding tert-OH is 1. The summed E-state index contributed by atoms with van der Waals surface area (Å²) in [6.07, 6.45) is 0. The summed E-state index contributed by atoms with van der Waals surface area (Å²) in [5, 5.41) is 11.8. The summed E-state index contributed by atoms with van der Waals surface area (Å²) in [5.74, 6) is -0.189. The molecule has 0 aliphatic rings. The van der Waals surface area contributed by atoms with E-state index in [0.29, 0.717) is 18.7 Å². The van der Waals surface area contributed by atoms with Gasteiger partial charge < -0.3 is 16.2 Å².